The zero-order chi connectivity index (χ0) is 25.9. The van der Waals surface area contributed by atoms with Gasteiger partial charge in [0.05, 0.1) is 11.4 Å². The summed E-state index contributed by atoms with van der Waals surface area (Å²) in [5, 5.41) is 0. The number of carbonyl (C=O) groups excluding carboxylic acids is 1. The average molecular weight is 488 g/mol. The molecule has 0 unspecified atom stereocenters. The van der Waals surface area contributed by atoms with Gasteiger partial charge in [-0.1, -0.05) is 50.3 Å². The van der Waals surface area contributed by atoms with Gasteiger partial charge in [0.1, 0.15) is 18.4 Å². The van der Waals surface area contributed by atoms with Crippen LogP contribution in [0.15, 0.2) is 47.5 Å². The summed E-state index contributed by atoms with van der Waals surface area (Å²) in [6.07, 6.45) is 14.3. The van der Waals surface area contributed by atoms with Crippen LogP contribution < -0.4 is 10.6 Å². The molecular formula is C29H37N5O2. The minimum atomic E-state index is 0.00622. The highest BCUT2D eigenvalue weighted by molar-refractivity contribution is 5.70. The van der Waals surface area contributed by atoms with Crippen LogP contribution in [-0.4, -0.2) is 38.9 Å². The monoisotopic (exact) mass is 487 g/mol. The molecule has 2 aromatic heterocycles. The Morgan fingerprint density at radius 3 is 2.47 bits per heavy atom. The zero-order valence-electron chi connectivity index (χ0n) is 21.8. The largest absolute Gasteiger partial charge is 0.356 e. The minimum Gasteiger partial charge on any atom is -0.356 e. The van der Waals surface area contributed by atoms with Crippen LogP contribution in [0.25, 0.3) is 18.2 Å². The van der Waals surface area contributed by atoms with Gasteiger partial charge in [0.2, 0.25) is 0 Å². The van der Waals surface area contributed by atoms with Crippen molar-refractivity contribution in [1.29, 1.82) is 0 Å². The Kier molecular flexibility index (Phi) is 9.98. The lowest BCUT2D eigenvalue weighted by Gasteiger charge is -2.33. The van der Waals surface area contributed by atoms with Gasteiger partial charge in [-0.25, -0.2) is 14.8 Å². The standard InChI is InChI=1S/C27H33N5O.C2H4O/c1-4-6-11-25-24(5-2)30-27(33)32(25)23-14-16-31(17-15-23)26-18-22(28-19-29-26)13-12-21-10-8-7-9-20(21)3;1-2-3/h6-13,18-19,23H,4-5,14-17H2,1-3H3,(H,30,33);2H,1H3/b11-6-,13-12-;. The molecule has 0 amide bonds. The van der Waals surface area contributed by atoms with E-state index < -0.39 is 0 Å². The summed E-state index contributed by atoms with van der Waals surface area (Å²) in [5.74, 6) is 0.939. The van der Waals surface area contributed by atoms with E-state index in [0.29, 0.717) is 0 Å². The van der Waals surface area contributed by atoms with Crippen LogP contribution in [-0.2, 0) is 11.2 Å². The van der Waals surface area contributed by atoms with Crippen LogP contribution in [0.5, 0.6) is 0 Å². The third-order valence-corrected chi connectivity index (χ3v) is 6.36. The number of hydrogen-bond donors (Lipinski definition) is 1. The Morgan fingerprint density at radius 2 is 1.81 bits per heavy atom. The highest BCUT2D eigenvalue weighted by Crippen LogP contribution is 2.27. The van der Waals surface area contributed by atoms with Crippen molar-refractivity contribution in [3.63, 3.8) is 0 Å². The summed E-state index contributed by atoms with van der Waals surface area (Å²) < 4.78 is 1.97. The van der Waals surface area contributed by atoms with Gasteiger partial charge in [0.25, 0.3) is 0 Å². The molecule has 3 aromatic rings. The Morgan fingerprint density at radius 1 is 1.08 bits per heavy atom. The van der Waals surface area contributed by atoms with E-state index in [1.165, 1.54) is 18.1 Å². The fourth-order valence-electron chi connectivity index (χ4n) is 4.48. The number of anilines is 1. The second kappa shape index (κ2) is 13.4. The molecule has 4 rings (SSSR count). The third kappa shape index (κ3) is 6.68. The number of aromatic nitrogens is 4. The molecule has 190 valence electrons. The Bertz CT molecular complexity index is 1250. The van der Waals surface area contributed by atoms with Crippen molar-refractivity contribution in [2.75, 3.05) is 18.0 Å². The van der Waals surface area contributed by atoms with Crippen molar-refractivity contribution >= 4 is 30.3 Å². The van der Waals surface area contributed by atoms with Gasteiger partial charge in [-0.05, 0) is 62.8 Å². The van der Waals surface area contributed by atoms with Crippen LogP contribution in [0.2, 0.25) is 0 Å². The molecule has 0 saturated carbocycles. The number of carbonyl (C=O) groups is 1. The molecule has 0 aliphatic carbocycles. The van der Waals surface area contributed by atoms with E-state index in [2.05, 4.69) is 71.0 Å². The van der Waals surface area contributed by atoms with Crippen molar-refractivity contribution in [3.05, 3.63) is 81.4 Å². The number of aromatic amines is 1. The number of nitrogens with one attached hydrogen (secondary N) is 1. The van der Waals surface area contributed by atoms with Crippen LogP contribution in [0.3, 0.4) is 0 Å². The van der Waals surface area contributed by atoms with E-state index in [4.69, 9.17) is 4.79 Å². The quantitative estimate of drug-likeness (QED) is 0.446. The maximum absolute atomic E-state index is 12.7. The van der Waals surface area contributed by atoms with Gasteiger partial charge >= 0.3 is 5.69 Å². The second-order valence-electron chi connectivity index (χ2n) is 8.77. The first kappa shape index (κ1) is 26.9. The molecule has 0 bridgehead atoms. The summed E-state index contributed by atoms with van der Waals surface area (Å²) in [7, 11) is 0. The Balaban J connectivity index is 0.00000115. The minimum absolute atomic E-state index is 0.00622. The predicted octanol–water partition coefficient (Wildman–Crippen LogP) is 5.48. The van der Waals surface area contributed by atoms with E-state index in [9.17, 15) is 4.79 Å². The molecule has 36 heavy (non-hydrogen) atoms. The number of aryl methyl sites for hydroxylation is 2. The van der Waals surface area contributed by atoms with E-state index in [1.807, 2.05) is 28.8 Å². The number of imidazole rings is 1. The number of allylic oxidation sites excluding steroid dienone is 1. The van der Waals surface area contributed by atoms with Gasteiger partial charge in [-0.2, -0.15) is 0 Å². The average Bonchev–Trinajstić information content (AvgIpc) is 3.22. The van der Waals surface area contributed by atoms with Crippen molar-refractivity contribution in [1.82, 2.24) is 19.5 Å². The van der Waals surface area contributed by atoms with E-state index in [-0.39, 0.29) is 11.7 Å². The summed E-state index contributed by atoms with van der Waals surface area (Å²) in [6.45, 7) is 9.47. The van der Waals surface area contributed by atoms with Gasteiger partial charge in [-0.3, -0.25) is 4.57 Å². The second-order valence-corrected chi connectivity index (χ2v) is 8.77. The molecule has 7 nitrogen and oxygen atoms in total. The summed E-state index contributed by atoms with van der Waals surface area (Å²) in [5.41, 5.74) is 5.39. The molecule has 0 atom stereocenters. The highest BCUT2D eigenvalue weighted by atomic mass is 16.1. The van der Waals surface area contributed by atoms with Crippen molar-refractivity contribution in [3.8, 4) is 0 Å². The molecule has 1 N–H and O–H groups in total. The number of piperidine rings is 1. The van der Waals surface area contributed by atoms with Crippen LogP contribution in [0, 0.1) is 6.92 Å². The van der Waals surface area contributed by atoms with Gasteiger partial charge in [0, 0.05) is 30.9 Å². The van der Waals surface area contributed by atoms with E-state index in [0.717, 1.165) is 68.0 Å². The molecule has 1 aromatic carbocycles. The van der Waals surface area contributed by atoms with Gasteiger partial charge in [-0.15, -0.1) is 0 Å². The Labute approximate surface area is 213 Å². The fourth-order valence-corrected chi connectivity index (χ4v) is 4.48. The topological polar surface area (TPSA) is 83.9 Å². The predicted molar refractivity (Wildman–Crippen MR) is 148 cm³/mol. The molecule has 1 saturated heterocycles. The first-order valence-electron chi connectivity index (χ1n) is 12.7. The maximum Gasteiger partial charge on any atom is 0.326 e. The summed E-state index contributed by atoms with van der Waals surface area (Å²) in [6, 6.07) is 10.6. The number of benzene rings is 1. The molecule has 1 aliphatic rings. The normalized spacial score (nSPS) is 14.3. The first-order valence-corrected chi connectivity index (χ1v) is 12.7. The molecule has 1 fully saturated rings. The van der Waals surface area contributed by atoms with Crippen molar-refractivity contribution < 1.29 is 4.79 Å². The molecular weight excluding hydrogens is 450 g/mol. The smallest absolute Gasteiger partial charge is 0.326 e. The molecule has 0 radical (unpaired) electrons. The Hall–Kier alpha value is -3.74. The van der Waals surface area contributed by atoms with Crippen LogP contribution >= 0.6 is 0 Å². The fraction of sp³-hybridized carbons (Fsp3) is 0.379. The van der Waals surface area contributed by atoms with Gasteiger partial charge < -0.3 is 14.7 Å². The highest BCUT2D eigenvalue weighted by Gasteiger charge is 2.25. The maximum atomic E-state index is 12.7. The molecule has 1 aliphatic heterocycles. The first-order chi connectivity index (χ1) is 17.5. The van der Waals surface area contributed by atoms with E-state index in [1.54, 1.807) is 6.33 Å². The SMILES string of the molecule is CC/C=C\c1c(CC)[nH]c(=O)n1C1CCN(c2cc(/C=C\c3ccccc3C)ncn2)CC1.CC=O. The lowest BCUT2D eigenvalue weighted by atomic mass is 10.0. The number of hydrogen-bond acceptors (Lipinski definition) is 5. The van der Waals surface area contributed by atoms with Crippen molar-refractivity contribution in [2.24, 2.45) is 0 Å². The van der Waals surface area contributed by atoms with E-state index >= 15 is 0 Å². The van der Waals surface area contributed by atoms with Crippen molar-refractivity contribution in [2.45, 2.75) is 59.4 Å². The van der Waals surface area contributed by atoms with Crippen LogP contribution in [0.4, 0.5) is 5.82 Å². The van der Waals surface area contributed by atoms with Crippen LogP contribution in [0.1, 0.15) is 74.3 Å². The number of nitrogens with zero attached hydrogens (tertiary/aromatic N) is 4. The third-order valence-electron chi connectivity index (χ3n) is 6.36. The number of H-pyrrole nitrogens is 1. The summed E-state index contributed by atoms with van der Waals surface area (Å²) >= 11 is 0. The molecule has 7 heteroatoms. The lowest BCUT2D eigenvalue weighted by molar-refractivity contribution is -0.106. The number of aldehydes is 1. The van der Waals surface area contributed by atoms with Gasteiger partial charge in [0.15, 0.2) is 0 Å². The molecule has 0 spiro atoms. The zero-order valence-corrected chi connectivity index (χ0v) is 21.8. The summed E-state index contributed by atoms with van der Waals surface area (Å²) in [4.78, 5) is 35.8. The molecule has 3 heterocycles. The lowest BCUT2D eigenvalue weighted by Crippen LogP contribution is -2.37. The number of rotatable bonds is 7.